The van der Waals surface area contributed by atoms with Gasteiger partial charge in [-0.25, -0.2) is 0 Å². The minimum absolute atomic E-state index is 0.0565. The van der Waals surface area contributed by atoms with Gasteiger partial charge in [-0.2, -0.15) is 0 Å². The number of carbonyl (C=O) groups excluding carboxylic acids is 1. The molecule has 2 aliphatic rings. The lowest BCUT2D eigenvalue weighted by Gasteiger charge is -2.34. The number of carbonyl (C=O) groups is 1. The quantitative estimate of drug-likeness (QED) is 0.757. The third-order valence-corrected chi connectivity index (χ3v) is 3.74. The molecule has 4 nitrogen and oxygen atoms in total. The number of nitrogens with two attached hydrogens (primary N) is 1. The van der Waals surface area contributed by atoms with Gasteiger partial charge in [0, 0.05) is 31.6 Å². The van der Waals surface area contributed by atoms with Crippen LogP contribution in [0.25, 0.3) is 0 Å². The number of piperidine rings is 1. The van der Waals surface area contributed by atoms with Gasteiger partial charge in [-0.3, -0.25) is 9.69 Å². The summed E-state index contributed by atoms with van der Waals surface area (Å²) >= 11 is 0. The lowest BCUT2D eigenvalue weighted by molar-refractivity contribution is -0.128. The van der Waals surface area contributed by atoms with Crippen molar-refractivity contribution in [3.63, 3.8) is 0 Å². The standard InChI is InChI=1S/C12H23N3O/c1-10(14-5-3-2-4-6-14)8-15-9-11(13)7-12(15)16/h10-11H,2-9,13H2,1H3. The molecule has 2 atom stereocenters. The van der Waals surface area contributed by atoms with Crippen molar-refractivity contribution in [1.29, 1.82) is 0 Å². The van der Waals surface area contributed by atoms with E-state index in [4.69, 9.17) is 5.73 Å². The number of nitrogens with zero attached hydrogens (tertiary/aromatic N) is 2. The second-order valence-electron chi connectivity index (χ2n) is 5.21. The average molecular weight is 225 g/mol. The van der Waals surface area contributed by atoms with Crippen LogP contribution >= 0.6 is 0 Å². The Labute approximate surface area is 97.8 Å². The molecule has 0 aromatic heterocycles. The molecule has 2 aliphatic heterocycles. The van der Waals surface area contributed by atoms with E-state index < -0.39 is 0 Å². The maximum Gasteiger partial charge on any atom is 0.224 e. The van der Waals surface area contributed by atoms with Crippen molar-refractivity contribution in [2.75, 3.05) is 26.2 Å². The number of amides is 1. The van der Waals surface area contributed by atoms with Crippen LogP contribution in [-0.2, 0) is 4.79 Å². The molecule has 4 heteroatoms. The van der Waals surface area contributed by atoms with E-state index in [1.165, 1.54) is 32.4 Å². The Morgan fingerprint density at radius 3 is 2.62 bits per heavy atom. The summed E-state index contributed by atoms with van der Waals surface area (Å²) in [5.74, 6) is 0.233. The van der Waals surface area contributed by atoms with Crippen molar-refractivity contribution < 1.29 is 4.79 Å². The fraction of sp³-hybridized carbons (Fsp3) is 0.917. The van der Waals surface area contributed by atoms with E-state index >= 15 is 0 Å². The summed E-state index contributed by atoms with van der Waals surface area (Å²) in [7, 11) is 0. The van der Waals surface area contributed by atoms with Gasteiger partial charge in [-0.05, 0) is 32.9 Å². The van der Waals surface area contributed by atoms with Crippen molar-refractivity contribution in [1.82, 2.24) is 9.80 Å². The first-order valence-electron chi connectivity index (χ1n) is 6.44. The zero-order chi connectivity index (χ0) is 11.5. The molecule has 16 heavy (non-hydrogen) atoms. The van der Waals surface area contributed by atoms with Gasteiger partial charge < -0.3 is 10.6 Å². The van der Waals surface area contributed by atoms with Crippen LogP contribution in [0.1, 0.15) is 32.6 Å². The number of likely N-dealkylation sites (tertiary alicyclic amines) is 2. The molecule has 92 valence electrons. The molecule has 2 fully saturated rings. The molecule has 0 bridgehead atoms. The smallest absolute Gasteiger partial charge is 0.224 e. The highest BCUT2D eigenvalue weighted by Crippen LogP contribution is 2.15. The Balaban J connectivity index is 1.81. The van der Waals surface area contributed by atoms with Crippen LogP contribution in [-0.4, -0.2) is 54.0 Å². The summed E-state index contributed by atoms with van der Waals surface area (Å²) in [5.41, 5.74) is 5.79. The van der Waals surface area contributed by atoms with Crippen LogP contribution in [0.2, 0.25) is 0 Å². The Kier molecular flexibility index (Phi) is 3.82. The van der Waals surface area contributed by atoms with Crippen molar-refractivity contribution in [3.05, 3.63) is 0 Å². The molecule has 0 spiro atoms. The highest BCUT2D eigenvalue weighted by Gasteiger charge is 2.29. The van der Waals surface area contributed by atoms with Gasteiger partial charge in [0.05, 0.1) is 0 Å². The first kappa shape index (κ1) is 11.9. The molecule has 0 aliphatic carbocycles. The van der Waals surface area contributed by atoms with E-state index in [1.807, 2.05) is 4.90 Å². The molecule has 0 saturated carbocycles. The van der Waals surface area contributed by atoms with E-state index in [0.717, 1.165) is 13.1 Å². The lowest BCUT2D eigenvalue weighted by atomic mass is 10.1. The zero-order valence-corrected chi connectivity index (χ0v) is 10.2. The molecular weight excluding hydrogens is 202 g/mol. The summed E-state index contributed by atoms with van der Waals surface area (Å²) < 4.78 is 0. The third kappa shape index (κ3) is 2.74. The molecule has 2 saturated heterocycles. The monoisotopic (exact) mass is 225 g/mol. The summed E-state index contributed by atoms with van der Waals surface area (Å²) in [5, 5.41) is 0. The van der Waals surface area contributed by atoms with Gasteiger partial charge in [0.2, 0.25) is 5.91 Å². The van der Waals surface area contributed by atoms with E-state index in [0.29, 0.717) is 12.5 Å². The molecular formula is C12H23N3O. The largest absolute Gasteiger partial charge is 0.340 e. The van der Waals surface area contributed by atoms with Gasteiger partial charge in [0.1, 0.15) is 0 Å². The molecule has 2 unspecified atom stereocenters. The predicted octanol–water partition coefficient (Wildman–Crippen LogP) is 0.420. The topological polar surface area (TPSA) is 49.6 Å². The molecule has 0 aromatic rings. The molecule has 2 heterocycles. The number of hydrogen-bond donors (Lipinski definition) is 1. The Morgan fingerprint density at radius 1 is 1.38 bits per heavy atom. The normalized spacial score (nSPS) is 29.8. The highest BCUT2D eigenvalue weighted by molar-refractivity contribution is 5.79. The Hall–Kier alpha value is -0.610. The van der Waals surface area contributed by atoms with E-state index in [-0.39, 0.29) is 11.9 Å². The summed E-state index contributed by atoms with van der Waals surface area (Å²) in [6.07, 6.45) is 4.50. The van der Waals surface area contributed by atoms with Gasteiger partial charge in [-0.1, -0.05) is 6.42 Å². The second-order valence-corrected chi connectivity index (χ2v) is 5.21. The van der Waals surface area contributed by atoms with Crippen LogP contribution in [0.3, 0.4) is 0 Å². The molecule has 0 aromatic carbocycles. The van der Waals surface area contributed by atoms with Crippen LogP contribution < -0.4 is 5.73 Å². The summed E-state index contributed by atoms with van der Waals surface area (Å²) in [6, 6.07) is 0.538. The SMILES string of the molecule is CC(CN1CC(N)CC1=O)N1CCCCC1. The van der Waals surface area contributed by atoms with E-state index in [2.05, 4.69) is 11.8 Å². The van der Waals surface area contributed by atoms with Crippen molar-refractivity contribution >= 4 is 5.91 Å². The van der Waals surface area contributed by atoms with Crippen LogP contribution in [0, 0.1) is 0 Å². The molecule has 2 N–H and O–H groups in total. The van der Waals surface area contributed by atoms with Gasteiger partial charge >= 0.3 is 0 Å². The minimum atomic E-state index is 0.0565. The fourth-order valence-electron chi connectivity index (χ4n) is 2.77. The van der Waals surface area contributed by atoms with Gasteiger partial charge in [0.25, 0.3) is 0 Å². The maximum absolute atomic E-state index is 11.6. The third-order valence-electron chi connectivity index (χ3n) is 3.74. The first-order chi connectivity index (χ1) is 7.66. The van der Waals surface area contributed by atoms with Crippen LogP contribution in [0.4, 0.5) is 0 Å². The Morgan fingerprint density at radius 2 is 2.06 bits per heavy atom. The fourth-order valence-corrected chi connectivity index (χ4v) is 2.77. The molecule has 2 rings (SSSR count). The van der Waals surface area contributed by atoms with Crippen molar-refractivity contribution in [2.45, 2.75) is 44.7 Å². The number of hydrogen-bond acceptors (Lipinski definition) is 3. The minimum Gasteiger partial charge on any atom is -0.340 e. The predicted molar refractivity (Wildman–Crippen MR) is 64.1 cm³/mol. The van der Waals surface area contributed by atoms with E-state index in [1.54, 1.807) is 0 Å². The average Bonchev–Trinajstić information content (AvgIpc) is 2.59. The van der Waals surface area contributed by atoms with Crippen molar-refractivity contribution in [3.8, 4) is 0 Å². The van der Waals surface area contributed by atoms with Crippen LogP contribution in [0.5, 0.6) is 0 Å². The highest BCUT2D eigenvalue weighted by atomic mass is 16.2. The second kappa shape index (κ2) is 5.15. The maximum atomic E-state index is 11.6. The Bertz CT molecular complexity index is 251. The lowest BCUT2D eigenvalue weighted by Crippen LogP contribution is -2.45. The van der Waals surface area contributed by atoms with Crippen LogP contribution in [0.15, 0.2) is 0 Å². The zero-order valence-electron chi connectivity index (χ0n) is 10.2. The summed E-state index contributed by atoms with van der Waals surface area (Å²) in [4.78, 5) is 16.1. The van der Waals surface area contributed by atoms with E-state index in [9.17, 15) is 4.79 Å². The van der Waals surface area contributed by atoms with Crippen molar-refractivity contribution in [2.24, 2.45) is 5.73 Å². The molecule has 0 radical (unpaired) electrons. The van der Waals surface area contributed by atoms with Gasteiger partial charge in [0.15, 0.2) is 0 Å². The van der Waals surface area contributed by atoms with Gasteiger partial charge in [-0.15, -0.1) is 0 Å². The summed E-state index contributed by atoms with van der Waals surface area (Å²) in [6.45, 7) is 6.20. The first-order valence-corrected chi connectivity index (χ1v) is 6.44. The number of rotatable bonds is 3. The molecule has 1 amide bonds.